The maximum absolute atomic E-state index is 12.6. The zero-order valence-corrected chi connectivity index (χ0v) is 16.4. The molecular weight excluding hydrogens is 364 g/mol. The molecule has 1 heterocycles. The van der Waals surface area contributed by atoms with Crippen molar-refractivity contribution in [3.05, 3.63) is 78.3 Å². The molecule has 0 spiro atoms. The van der Waals surface area contributed by atoms with Crippen LogP contribution >= 0.6 is 0 Å². The van der Waals surface area contributed by atoms with E-state index in [0.29, 0.717) is 5.56 Å². The van der Waals surface area contributed by atoms with E-state index < -0.39 is 0 Å². The molecule has 1 amide bonds. The number of hydrogen-bond donors (Lipinski definition) is 2. The van der Waals surface area contributed by atoms with Crippen molar-refractivity contribution >= 4 is 17.3 Å². The van der Waals surface area contributed by atoms with Gasteiger partial charge in [-0.1, -0.05) is 31.0 Å². The topological polar surface area (TPSA) is 63.5 Å². The van der Waals surface area contributed by atoms with E-state index in [-0.39, 0.29) is 18.3 Å². The summed E-state index contributed by atoms with van der Waals surface area (Å²) >= 11 is 0. The minimum atomic E-state index is -0.284. The van der Waals surface area contributed by atoms with Crippen LogP contribution in [0.1, 0.15) is 41.8 Å². The third kappa shape index (κ3) is 5.19. The van der Waals surface area contributed by atoms with Gasteiger partial charge in [0.15, 0.2) is 5.76 Å². The number of amides is 1. The summed E-state index contributed by atoms with van der Waals surface area (Å²) in [5.74, 6) is 1.52. The second kappa shape index (κ2) is 9.32. The zero-order valence-electron chi connectivity index (χ0n) is 16.4. The van der Waals surface area contributed by atoms with Crippen molar-refractivity contribution in [2.75, 3.05) is 17.2 Å². The fourth-order valence-corrected chi connectivity index (χ4v) is 3.66. The average Bonchev–Trinajstić information content (AvgIpc) is 3.44. The van der Waals surface area contributed by atoms with Crippen LogP contribution in [-0.4, -0.2) is 12.5 Å². The number of nitrogens with one attached hydrogen (secondary N) is 2. The Morgan fingerprint density at radius 3 is 2.45 bits per heavy atom. The number of anilines is 2. The first-order valence-corrected chi connectivity index (χ1v) is 10.2. The molecule has 0 atom stereocenters. The summed E-state index contributed by atoms with van der Waals surface area (Å²) in [6.45, 7) is 1.29. The predicted octanol–water partition coefficient (Wildman–Crippen LogP) is 5.71. The van der Waals surface area contributed by atoms with Gasteiger partial charge >= 0.3 is 0 Å². The van der Waals surface area contributed by atoms with Gasteiger partial charge in [0.05, 0.1) is 6.26 Å². The van der Waals surface area contributed by atoms with E-state index in [1.165, 1.54) is 31.9 Å². The van der Waals surface area contributed by atoms with Crippen molar-refractivity contribution in [1.29, 1.82) is 0 Å². The van der Waals surface area contributed by atoms with Gasteiger partial charge in [-0.05, 0) is 61.2 Å². The molecule has 1 aliphatic carbocycles. The molecular formula is C24H26N2O3. The number of para-hydroxylation sites is 1. The second-order valence-electron chi connectivity index (χ2n) is 7.44. The summed E-state index contributed by atoms with van der Waals surface area (Å²) in [4.78, 5) is 12.6. The van der Waals surface area contributed by atoms with Crippen molar-refractivity contribution in [2.24, 2.45) is 5.92 Å². The molecule has 1 fully saturated rings. The molecule has 0 saturated heterocycles. The normalized spacial score (nSPS) is 13.9. The Morgan fingerprint density at radius 1 is 0.966 bits per heavy atom. The summed E-state index contributed by atoms with van der Waals surface area (Å²) in [6.07, 6.45) is 6.85. The maximum Gasteiger partial charge on any atom is 0.291 e. The third-order valence-corrected chi connectivity index (χ3v) is 5.30. The zero-order chi connectivity index (χ0) is 19.9. The molecule has 1 aliphatic rings. The summed E-state index contributed by atoms with van der Waals surface area (Å²) in [6, 6.07) is 19.0. The van der Waals surface area contributed by atoms with Crippen LogP contribution in [0.4, 0.5) is 11.4 Å². The monoisotopic (exact) mass is 390 g/mol. The fraction of sp³-hybridized carbons (Fsp3) is 0.292. The Hall–Kier alpha value is -3.21. The molecule has 2 N–H and O–H groups in total. The number of carbonyl (C=O) groups excluding carboxylic acids is 1. The Morgan fingerprint density at radius 2 is 1.69 bits per heavy atom. The molecule has 1 aromatic heterocycles. The minimum absolute atomic E-state index is 0.268. The van der Waals surface area contributed by atoms with Crippen molar-refractivity contribution in [1.82, 2.24) is 0 Å². The van der Waals surface area contributed by atoms with E-state index >= 15 is 0 Å². The van der Waals surface area contributed by atoms with Gasteiger partial charge in [-0.3, -0.25) is 4.79 Å². The number of carbonyl (C=O) groups is 1. The highest BCUT2D eigenvalue weighted by atomic mass is 16.5. The predicted molar refractivity (Wildman–Crippen MR) is 114 cm³/mol. The van der Waals surface area contributed by atoms with Gasteiger partial charge in [0.1, 0.15) is 12.4 Å². The van der Waals surface area contributed by atoms with E-state index in [2.05, 4.69) is 10.6 Å². The van der Waals surface area contributed by atoms with Crippen LogP contribution in [0.25, 0.3) is 0 Å². The van der Waals surface area contributed by atoms with E-state index in [1.807, 2.05) is 54.6 Å². The first kappa shape index (κ1) is 19.1. The lowest BCUT2D eigenvalue weighted by Gasteiger charge is -2.12. The van der Waals surface area contributed by atoms with E-state index in [1.54, 1.807) is 6.07 Å². The SMILES string of the molecule is O=C(Nc1ccc(NCC2CCCC2)cc1)c1occc1COc1ccccc1. The number of rotatable bonds is 8. The molecule has 150 valence electrons. The van der Waals surface area contributed by atoms with Gasteiger partial charge in [0.25, 0.3) is 5.91 Å². The minimum Gasteiger partial charge on any atom is -0.489 e. The number of ether oxygens (including phenoxy) is 1. The second-order valence-corrected chi connectivity index (χ2v) is 7.44. The van der Waals surface area contributed by atoms with Gasteiger partial charge in [0, 0.05) is 23.5 Å². The molecule has 0 unspecified atom stereocenters. The van der Waals surface area contributed by atoms with E-state index in [9.17, 15) is 4.79 Å². The van der Waals surface area contributed by atoms with Crippen molar-refractivity contribution in [3.8, 4) is 5.75 Å². The van der Waals surface area contributed by atoms with Crippen LogP contribution in [0, 0.1) is 5.92 Å². The highest BCUT2D eigenvalue weighted by Gasteiger charge is 2.17. The van der Waals surface area contributed by atoms with Gasteiger partial charge in [0.2, 0.25) is 0 Å². The van der Waals surface area contributed by atoms with E-state index in [0.717, 1.165) is 29.6 Å². The fourth-order valence-electron chi connectivity index (χ4n) is 3.66. The van der Waals surface area contributed by atoms with Gasteiger partial charge in [-0.25, -0.2) is 0 Å². The maximum atomic E-state index is 12.6. The standard InChI is InChI=1S/C24H26N2O3/c27-24(23-19(14-15-28-23)17-29-22-8-2-1-3-9-22)26-21-12-10-20(11-13-21)25-16-18-6-4-5-7-18/h1-3,8-15,18,25H,4-7,16-17H2,(H,26,27). The highest BCUT2D eigenvalue weighted by Crippen LogP contribution is 2.25. The van der Waals surface area contributed by atoms with Crippen LogP contribution in [0.5, 0.6) is 5.75 Å². The highest BCUT2D eigenvalue weighted by molar-refractivity contribution is 6.03. The van der Waals surface area contributed by atoms with Crippen LogP contribution in [0.2, 0.25) is 0 Å². The number of benzene rings is 2. The van der Waals surface area contributed by atoms with Gasteiger partial charge < -0.3 is 19.8 Å². The molecule has 5 nitrogen and oxygen atoms in total. The lowest BCUT2D eigenvalue weighted by molar-refractivity contribution is 0.0993. The first-order valence-electron chi connectivity index (χ1n) is 10.2. The van der Waals surface area contributed by atoms with Crippen LogP contribution < -0.4 is 15.4 Å². The molecule has 0 radical (unpaired) electrons. The lowest BCUT2D eigenvalue weighted by Crippen LogP contribution is -2.14. The Balaban J connectivity index is 1.31. The Labute approximate surface area is 171 Å². The largest absolute Gasteiger partial charge is 0.489 e. The molecule has 29 heavy (non-hydrogen) atoms. The summed E-state index contributed by atoms with van der Waals surface area (Å²) < 4.78 is 11.1. The van der Waals surface area contributed by atoms with Crippen molar-refractivity contribution < 1.29 is 13.9 Å². The van der Waals surface area contributed by atoms with Gasteiger partial charge in [-0.15, -0.1) is 0 Å². The molecule has 5 heteroatoms. The van der Waals surface area contributed by atoms with Gasteiger partial charge in [-0.2, -0.15) is 0 Å². The van der Waals surface area contributed by atoms with Crippen LogP contribution in [-0.2, 0) is 6.61 Å². The molecule has 1 saturated carbocycles. The molecule has 3 aromatic rings. The molecule has 0 bridgehead atoms. The van der Waals surface area contributed by atoms with Crippen LogP contribution in [0.3, 0.4) is 0 Å². The van der Waals surface area contributed by atoms with E-state index in [4.69, 9.17) is 9.15 Å². The molecule has 4 rings (SSSR count). The Kier molecular flexibility index (Phi) is 6.15. The molecule has 0 aliphatic heterocycles. The smallest absolute Gasteiger partial charge is 0.291 e. The van der Waals surface area contributed by atoms with Crippen molar-refractivity contribution in [3.63, 3.8) is 0 Å². The summed E-state index contributed by atoms with van der Waals surface area (Å²) in [7, 11) is 0. The Bertz CT molecular complexity index is 913. The lowest BCUT2D eigenvalue weighted by atomic mass is 10.1. The quantitative estimate of drug-likeness (QED) is 0.517. The van der Waals surface area contributed by atoms with Crippen molar-refractivity contribution in [2.45, 2.75) is 32.3 Å². The summed E-state index contributed by atoms with van der Waals surface area (Å²) in [5.41, 5.74) is 2.51. The molecule has 2 aromatic carbocycles. The third-order valence-electron chi connectivity index (χ3n) is 5.30. The van der Waals surface area contributed by atoms with Crippen LogP contribution in [0.15, 0.2) is 71.3 Å². The first-order chi connectivity index (χ1) is 14.3. The summed E-state index contributed by atoms with van der Waals surface area (Å²) in [5, 5.41) is 6.38. The average molecular weight is 390 g/mol. The number of furan rings is 1. The number of hydrogen-bond acceptors (Lipinski definition) is 4.